The third kappa shape index (κ3) is 8.22. The number of amides is 2. The van der Waals surface area contributed by atoms with Gasteiger partial charge in [-0.2, -0.15) is 0 Å². The van der Waals surface area contributed by atoms with E-state index in [0.717, 1.165) is 27.8 Å². The Morgan fingerprint density at radius 3 is 2.45 bits per heavy atom. The zero-order valence-electron chi connectivity index (χ0n) is 18.6. The number of hydrogen-bond donors (Lipinski definition) is 1. The van der Waals surface area contributed by atoms with Crippen LogP contribution in [-0.2, 0) is 21.9 Å². The molecular weight excluding hydrogens is 476 g/mol. The summed E-state index contributed by atoms with van der Waals surface area (Å²) < 4.78 is 6.13. The average molecular weight is 507 g/mol. The highest BCUT2D eigenvalue weighted by Crippen LogP contribution is 2.19. The van der Waals surface area contributed by atoms with Gasteiger partial charge in [-0.25, -0.2) is 0 Å². The molecule has 0 fully saturated rings. The fraction of sp³-hybridized carbons (Fsp3) is 0.417. The molecule has 2 aromatic carbocycles. The van der Waals surface area contributed by atoms with Crippen LogP contribution in [0.4, 0.5) is 0 Å². The Morgan fingerprint density at radius 2 is 1.84 bits per heavy atom. The molecular formula is C24H31BrN2O3S. The topological polar surface area (TPSA) is 58.6 Å². The van der Waals surface area contributed by atoms with Crippen LogP contribution in [0, 0.1) is 0 Å². The number of ether oxygens (including phenoxy) is 1. The van der Waals surface area contributed by atoms with Crippen LogP contribution < -0.4 is 10.1 Å². The van der Waals surface area contributed by atoms with Gasteiger partial charge in [-0.3, -0.25) is 9.59 Å². The molecule has 2 atom stereocenters. The summed E-state index contributed by atoms with van der Waals surface area (Å²) in [5.41, 5.74) is 2.10. The number of nitrogens with zero attached hydrogens (tertiary/aromatic N) is 1. The van der Waals surface area contributed by atoms with Gasteiger partial charge in [-0.15, -0.1) is 11.8 Å². The molecule has 0 saturated carbocycles. The van der Waals surface area contributed by atoms with Crippen molar-refractivity contribution >= 4 is 39.5 Å². The lowest BCUT2D eigenvalue weighted by Gasteiger charge is -2.29. The van der Waals surface area contributed by atoms with Crippen molar-refractivity contribution in [2.75, 3.05) is 12.9 Å². The zero-order chi connectivity index (χ0) is 22.8. The molecule has 1 N–H and O–H groups in total. The lowest BCUT2D eigenvalue weighted by atomic mass is 10.1. The number of rotatable bonds is 11. The van der Waals surface area contributed by atoms with Crippen molar-refractivity contribution in [3.8, 4) is 5.75 Å². The first kappa shape index (κ1) is 25.3. The van der Waals surface area contributed by atoms with Crippen LogP contribution in [0.15, 0.2) is 53.0 Å². The van der Waals surface area contributed by atoms with E-state index in [9.17, 15) is 9.59 Å². The molecule has 0 bridgehead atoms. The van der Waals surface area contributed by atoms with Crippen molar-refractivity contribution < 1.29 is 14.3 Å². The Hall–Kier alpha value is -1.99. The summed E-state index contributed by atoms with van der Waals surface area (Å²) in [7, 11) is 1.64. The predicted molar refractivity (Wildman–Crippen MR) is 131 cm³/mol. The highest BCUT2D eigenvalue weighted by Gasteiger charge is 2.26. The zero-order valence-corrected chi connectivity index (χ0v) is 21.0. The second-order valence-corrected chi connectivity index (χ2v) is 9.39. The van der Waals surface area contributed by atoms with E-state index in [1.54, 1.807) is 30.7 Å². The SMILES string of the molecule is CC[C@@H](C)NC(=O)[C@H](C)N(Cc1cccc(Br)c1)C(=O)CSCc1ccc(OC)cc1. The molecule has 0 heterocycles. The van der Waals surface area contributed by atoms with E-state index in [0.29, 0.717) is 18.1 Å². The minimum absolute atomic E-state index is 0.0507. The summed E-state index contributed by atoms with van der Waals surface area (Å²) in [4.78, 5) is 27.5. The first-order chi connectivity index (χ1) is 14.8. The molecule has 0 aliphatic heterocycles. The fourth-order valence-corrected chi connectivity index (χ4v) is 4.26. The van der Waals surface area contributed by atoms with Gasteiger partial charge in [-0.05, 0) is 55.7 Å². The van der Waals surface area contributed by atoms with Crippen molar-refractivity contribution in [1.29, 1.82) is 0 Å². The molecule has 0 unspecified atom stereocenters. The molecule has 0 aromatic heterocycles. The van der Waals surface area contributed by atoms with Gasteiger partial charge in [0.15, 0.2) is 0 Å². The summed E-state index contributed by atoms with van der Waals surface area (Å²) in [5.74, 6) is 1.66. The van der Waals surface area contributed by atoms with Crippen molar-refractivity contribution in [1.82, 2.24) is 10.2 Å². The highest BCUT2D eigenvalue weighted by atomic mass is 79.9. The Morgan fingerprint density at radius 1 is 1.13 bits per heavy atom. The second kappa shape index (κ2) is 12.8. The van der Waals surface area contributed by atoms with Crippen LogP contribution in [0.5, 0.6) is 5.75 Å². The van der Waals surface area contributed by atoms with E-state index in [1.165, 1.54) is 0 Å². The summed E-state index contributed by atoms with van der Waals surface area (Å²) in [6.07, 6.45) is 0.843. The molecule has 0 saturated heterocycles. The van der Waals surface area contributed by atoms with Gasteiger partial charge in [0.1, 0.15) is 11.8 Å². The van der Waals surface area contributed by atoms with Crippen LogP contribution in [0.2, 0.25) is 0 Å². The summed E-state index contributed by atoms with van der Waals surface area (Å²) >= 11 is 5.02. The maximum Gasteiger partial charge on any atom is 0.242 e. The first-order valence-electron chi connectivity index (χ1n) is 10.4. The molecule has 2 amide bonds. The van der Waals surface area contributed by atoms with E-state index < -0.39 is 6.04 Å². The molecule has 0 spiro atoms. The minimum atomic E-state index is -0.554. The number of benzene rings is 2. The van der Waals surface area contributed by atoms with Crippen LogP contribution in [-0.4, -0.2) is 41.7 Å². The van der Waals surface area contributed by atoms with Gasteiger partial charge < -0.3 is 15.0 Å². The molecule has 168 valence electrons. The maximum absolute atomic E-state index is 13.1. The Balaban J connectivity index is 2.06. The predicted octanol–water partition coefficient (Wildman–Crippen LogP) is 5.02. The molecule has 7 heteroatoms. The number of nitrogens with one attached hydrogen (secondary N) is 1. The van der Waals surface area contributed by atoms with E-state index in [4.69, 9.17) is 4.74 Å². The summed E-state index contributed by atoms with van der Waals surface area (Å²) in [5, 5.41) is 2.99. The standard InChI is InChI=1S/C24H31BrN2O3S/c1-5-17(2)26-24(29)18(3)27(14-20-7-6-8-21(25)13-20)23(28)16-31-15-19-9-11-22(30-4)12-10-19/h6-13,17-18H,5,14-16H2,1-4H3,(H,26,29)/t17-,18+/m1/s1. The van der Waals surface area contributed by atoms with E-state index in [-0.39, 0.29) is 17.9 Å². The van der Waals surface area contributed by atoms with Gasteiger partial charge in [0, 0.05) is 22.8 Å². The third-order valence-corrected chi connectivity index (χ3v) is 6.55. The quantitative estimate of drug-likeness (QED) is 0.464. The second-order valence-electron chi connectivity index (χ2n) is 7.49. The average Bonchev–Trinajstić information content (AvgIpc) is 2.77. The maximum atomic E-state index is 13.1. The van der Waals surface area contributed by atoms with Crippen LogP contribution in [0.3, 0.4) is 0 Å². The smallest absolute Gasteiger partial charge is 0.242 e. The lowest BCUT2D eigenvalue weighted by molar-refractivity contribution is -0.138. The Bertz CT molecular complexity index is 860. The van der Waals surface area contributed by atoms with E-state index in [1.807, 2.05) is 62.4 Å². The van der Waals surface area contributed by atoms with Gasteiger partial charge in [0.25, 0.3) is 0 Å². The number of thioether (sulfide) groups is 1. The molecule has 0 radical (unpaired) electrons. The van der Waals surface area contributed by atoms with Crippen molar-refractivity contribution in [2.45, 2.75) is 51.6 Å². The highest BCUT2D eigenvalue weighted by molar-refractivity contribution is 9.10. The van der Waals surface area contributed by atoms with Crippen LogP contribution >= 0.6 is 27.7 Å². The van der Waals surface area contributed by atoms with E-state index >= 15 is 0 Å². The Labute approximate surface area is 198 Å². The van der Waals surface area contributed by atoms with Gasteiger partial charge >= 0.3 is 0 Å². The number of carbonyl (C=O) groups excluding carboxylic acids is 2. The monoisotopic (exact) mass is 506 g/mol. The summed E-state index contributed by atoms with van der Waals surface area (Å²) in [6, 6.07) is 15.2. The molecule has 2 rings (SSSR count). The number of halogens is 1. The van der Waals surface area contributed by atoms with Gasteiger partial charge in [-0.1, -0.05) is 47.1 Å². The molecule has 0 aliphatic rings. The normalized spacial score (nSPS) is 12.7. The molecule has 31 heavy (non-hydrogen) atoms. The van der Waals surface area contributed by atoms with Crippen molar-refractivity contribution in [3.63, 3.8) is 0 Å². The fourth-order valence-electron chi connectivity index (χ4n) is 2.94. The van der Waals surface area contributed by atoms with Gasteiger partial charge in [0.2, 0.25) is 11.8 Å². The largest absolute Gasteiger partial charge is 0.497 e. The van der Waals surface area contributed by atoms with Crippen LogP contribution in [0.1, 0.15) is 38.3 Å². The Kier molecular flexibility index (Phi) is 10.4. The third-order valence-electron chi connectivity index (χ3n) is 5.06. The molecule has 2 aromatic rings. The lowest BCUT2D eigenvalue weighted by Crippen LogP contribution is -2.50. The molecule has 5 nitrogen and oxygen atoms in total. The number of hydrogen-bond acceptors (Lipinski definition) is 4. The van der Waals surface area contributed by atoms with Crippen molar-refractivity contribution in [2.24, 2.45) is 0 Å². The minimum Gasteiger partial charge on any atom is -0.497 e. The first-order valence-corrected chi connectivity index (χ1v) is 12.3. The molecule has 0 aliphatic carbocycles. The van der Waals surface area contributed by atoms with Crippen LogP contribution in [0.25, 0.3) is 0 Å². The van der Waals surface area contributed by atoms with Gasteiger partial charge in [0.05, 0.1) is 12.9 Å². The number of carbonyl (C=O) groups is 2. The number of methoxy groups -OCH3 is 1. The van der Waals surface area contributed by atoms with Crippen molar-refractivity contribution in [3.05, 3.63) is 64.1 Å². The summed E-state index contributed by atoms with van der Waals surface area (Å²) in [6.45, 7) is 6.17. The van der Waals surface area contributed by atoms with E-state index in [2.05, 4.69) is 21.2 Å².